The topological polar surface area (TPSA) is 119 Å². The van der Waals surface area contributed by atoms with Gasteiger partial charge in [-0.15, -0.1) is 16.5 Å². The number of hydrogen-bond donors (Lipinski definition) is 3. The van der Waals surface area contributed by atoms with Crippen LogP contribution < -0.4 is 15.4 Å². The first-order chi connectivity index (χ1) is 17.9. The first-order valence-electron chi connectivity index (χ1n) is 12.0. The molecule has 14 heteroatoms. The average Bonchev–Trinajstić information content (AvgIpc) is 3.37. The van der Waals surface area contributed by atoms with E-state index in [0.29, 0.717) is 32.5 Å². The fraction of sp³-hybridized carbons (Fsp3) is 0.458. The van der Waals surface area contributed by atoms with Crippen molar-refractivity contribution in [1.82, 2.24) is 19.5 Å². The van der Waals surface area contributed by atoms with Crippen LogP contribution >= 0.6 is 11.8 Å². The lowest BCUT2D eigenvalue weighted by Crippen LogP contribution is -2.54. The molecule has 9 nitrogen and oxygen atoms in total. The van der Waals surface area contributed by atoms with Gasteiger partial charge in [-0.1, -0.05) is 0 Å². The van der Waals surface area contributed by atoms with E-state index in [9.17, 15) is 32.1 Å². The van der Waals surface area contributed by atoms with Gasteiger partial charge in [-0.05, 0) is 30.7 Å². The number of nitrogens with zero attached hydrogens (tertiary/aromatic N) is 2. The summed E-state index contributed by atoms with van der Waals surface area (Å²) in [5.74, 6) is -5.06. The zero-order valence-electron chi connectivity index (χ0n) is 20.6. The maximum atomic E-state index is 13.6. The lowest BCUT2D eigenvalue weighted by atomic mass is 9.88. The van der Waals surface area contributed by atoms with Crippen LogP contribution in [0.15, 0.2) is 34.2 Å². The molecule has 1 aromatic carbocycles. The quantitative estimate of drug-likeness (QED) is 0.385. The molecule has 0 radical (unpaired) electrons. The number of likely N-dealkylation sites (tertiary alicyclic amines) is 1. The van der Waals surface area contributed by atoms with E-state index >= 15 is 0 Å². The molecule has 3 amide bonds. The zero-order chi connectivity index (χ0) is 27.4. The summed E-state index contributed by atoms with van der Waals surface area (Å²) in [4.78, 5) is 40.5. The highest BCUT2D eigenvalue weighted by Crippen LogP contribution is 2.39. The molecule has 1 saturated carbocycles. The average molecular weight is 570 g/mol. The third-order valence-corrected chi connectivity index (χ3v) is 9.63. The summed E-state index contributed by atoms with van der Waals surface area (Å²) >= 11 is -0.362. The van der Waals surface area contributed by atoms with Gasteiger partial charge in [-0.3, -0.25) is 14.4 Å². The number of aromatic nitrogens is 1. The van der Waals surface area contributed by atoms with E-state index in [4.69, 9.17) is 0 Å². The predicted octanol–water partition coefficient (Wildman–Crippen LogP) is 2.18. The lowest BCUT2D eigenvalue weighted by molar-refractivity contribution is -0.148. The standard InChI is InChI=1S/C24H26F3N5O4S2/c1-12-5-14(3-4-16(12)25)28-21(33)19-20-18(10-31(19)2)38(36)30-17-9-32(8-13(17)11-37-20)23(35)22(34)29-15-6-24(26,27)7-15/h3-5,10,13,15,17,30H,6-9,11H2,1-2H3,(H,28,33)(H,29,34). The number of amides is 3. The number of aryl methyl sites for hydroxylation is 2. The monoisotopic (exact) mass is 569 g/mol. The summed E-state index contributed by atoms with van der Waals surface area (Å²) in [6, 6.07) is 3.16. The molecule has 0 bridgehead atoms. The third-order valence-electron chi connectivity index (χ3n) is 6.98. The third kappa shape index (κ3) is 5.26. The van der Waals surface area contributed by atoms with E-state index in [0.717, 1.165) is 0 Å². The van der Waals surface area contributed by atoms with Gasteiger partial charge >= 0.3 is 11.8 Å². The summed E-state index contributed by atoms with van der Waals surface area (Å²) < 4.78 is 57.6. The summed E-state index contributed by atoms with van der Waals surface area (Å²) in [5, 5.41) is 5.12. The molecule has 3 unspecified atom stereocenters. The summed E-state index contributed by atoms with van der Waals surface area (Å²) in [7, 11) is 1.67. The number of rotatable bonds is 3. The largest absolute Gasteiger partial charge is 0.593 e. The second kappa shape index (κ2) is 10.1. The van der Waals surface area contributed by atoms with Crippen molar-refractivity contribution >= 4 is 46.5 Å². The van der Waals surface area contributed by atoms with Gasteiger partial charge < -0.3 is 24.7 Å². The first-order valence-corrected chi connectivity index (χ1v) is 14.1. The van der Waals surface area contributed by atoms with Gasteiger partial charge in [0.2, 0.25) is 4.90 Å². The van der Waals surface area contributed by atoms with E-state index in [2.05, 4.69) is 15.4 Å². The van der Waals surface area contributed by atoms with Gasteiger partial charge in [0.25, 0.3) is 11.8 Å². The van der Waals surface area contributed by atoms with Gasteiger partial charge in [-0.2, -0.15) is 0 Å². The number of halogens is 3. The SMILES string of the molecule is Cc1cc(NC(=O)c2c3c(cn2C)[S+]([O-])NC2CN(C(=O)C(=O)NC4CC(F)(F)C4)CC2CS3)ccc1F. The van der Waals surface area contributed by atoms with Gasteiger partial charge in [0, 0.05) is 56.4 Å². The molecule has 38 heavy (non-hydrogen) atoms. The van der Waals surface area contributed by atoms with E-state index in [1.54, 1.807) is 24.7 Å². The Hall–Kier alpha value is -2.68. The van der Waals surface area contributed by atoms with Crippen LogP contribution in [0.4, 0.5) is 18.9 Å². The number of alkyl halides is 2. The summed E-state index contributed by atoms with van der Waals surface area (Å²) in [6.07, 6.45) is 0.643. The van der Waals surface area contributed by atoms with Crippen molar-refractivity contribution in [2.24, 2.45) is 13.0 Å². The molecular formula is C24H26F3N5O4S2. The van der Waals surface area contributed by atoms with E-state index < -0.39 is 53.9 Å². The summed E-state index contributed by atoms with van der Waals surface area (Å²) in [5.41, 5.74) is 1.10. The molecular weight excluding hydrogens is 543 g/mol. The van der Waals surface area contributed by atoms with Crippen LogP contribution in [0.2, 0.25) is 0 Å². The molecule has 2 aromatic rings. The Morgan fingerprint density at radius 2 is 1.97 bits per heavy atom. The first kappa shape index (κ1) is 26.9. The Bertz CT molecular complexity index is 1300. The molecule has 3 atom stereocenters. The predicted molar refractivity (Wildman–Crippen MR) is 135 cm³/mol. The molecule has 1 saturated heterocycles. The normalized spacial score (nSPS) is 24.5. The molecule has 204 valence electrons. The van der Waals surface area contributed by atoms with Crippen molar-refractivity contribution in [3.05, 3.63) is 41.5 Å². The number of benzene rings is 1. The van der Waals surface area contributed by atoms with Crippen molar-refractivity contribution in [2.45, 2.75) is 47.6 Å². The van der Waals surface area contributed by atoms with Crippen molar-refractivity contribution in [2.75, 3.05) is 24.2 Å². The minimum Gasteiger partial charge on any atom is -0.593 e. The highest BCUT2D eigenvalue weighted by Gasteiger charge is 2.48. The number of thioether (sulfide) groups is 1. The Labute approximate surface area is 224 Å². The number of carbonyl (C=O) groups is 3. The maximum Gasteiger partial charge on any atom is 0.311 e. The van der Waals surface area contributed by atoms with Crippen molar-refractivity contribution in [3.8, 4) is 0 Å². The molecule has 0 spiro atoms. The number of nitrogens with one attached hydrogen (secondary N) is 3. The minimum absolute atomic E-state index is 0.142. The number of fused-ring (bicyclic) bond motifs is 2. The van der Waals surface area contributed by atoms with E-state index in [-0.39, 0.29) is 30.9 Å². The Morgan fingerprint density at radius 3 is 2.66 bits per heavy atom. The summed E-state index contributed by atoms with van der Waals surface area (Å²) in [6.45, 7) is 1.95. The van der Waals surface area contributed by atoms with Crippen LogP contribution in [0.1, 0.15) is 28.9 Å². The van der Waals surface area contributed by atoms with Gasteiger partial charge in [0.15, 0.2) is 0 Å². The second-order valence-electron chi connectivity index (χ2n) is 9.91. The molecule has 3 heterocycles. The molecule has 2 fully saturated rings. The highest BCUT2D eigenvalue weighted by molar-refractivity contribution is 8.00. The minimum atomic E-state index is -2.81. The van der Waals surface area contributed by atoms with Gasteiger partial charge in [-0.25, -0.2) is 13.2 Å². The van der Waals surface area contributed by atoms with Crippen LogP contribution in [0.25, 0.3) is 0 Å². The van der Waals surface area contributed by atoms with E-state index in [1.165, 1.54) is 34.9 Å². The molecule has 3 aliphatic rings. The Morgan fingerprint density at radius 1 is 1.24 bits per heavy atom. The Balaban J connectivity index is 1.27. The van der Waals surface area contributed by atoms with Crippen molar-refractivity contribution in [1.29, 1.82) is 0 Å². The lowest BCUT2D eigenvalue weighted by Gasteiger charge is -2.35. The molecule has 5 rings (SSSR count). The zero-order valence-corrected chi connectivity index (χ0v) is 22.2. The van der Waals surface area contributed by atoms with Gasteiger partial charge in [0.05, 0.1) is 28.5 Å². The number of hydrogen-bond acceptors (Lipinski definition) is 6. The fourth-order valence-electron chi connectivity index (χ4n) is 4.91. The smallest absolute Gasteiger partial charge is 0.311 e. The van der Waals surface area contributed by atoms with Crippen molar-refractivity contribution < 1.29 is 32.1 Å². The molecule has 3 N–H and O–H groups in total. The maximum absolute atomic E-state index is 13.6. The van der Waals surface area contributed by atoms with Crippen LogP contribution in [0, 0.1) is 18.7 Å². The fourth-order valence-corrected chi connectivity index (χ4v) is 7.79. The van der Waals surface area contributed by atoms with Crippen LogP contribution in [-0.2, 0) is 28.0 Å². The van der Waals surface area contributed by atoms with Crippen LogP contribution in [0.5, 0.6) is 0 Å². The van der Waals surface area contributed by atoms with Crippen LogP contribution in [0.3, 0.4) is 0 Å². The second-order valence-corrected chi connectivity index (χ2v) is 12.2. The van der Waals surface area contributed by atoms with Gasteiger partial charge in [0.1, 0.15) is 11.5 Å². The molecule has 1 aromatic heterocycles. The highest BCUT2D eigenvalue weighted by atomic mass is 32.2. The molecule has 1 aliphatic carbocycles. The molecule has 2 aliphatic heterocycles. The van der Waals surface area contributed by atoms with Crippen LogP contribution in [-0.4, -0.2) is 68.6 Å². The van der Waals surface area contributed by atoms with Crippen molar-refractivity contribution in [3.63, 3.8) is 0 Å². The number of anilines is 1. The Kier molecular flexibility index (Phi) is 7.18. The number of carbonyl (C=O) groups excluding carboxylic acids is 3. The van der Waals surface area contributed by atoms with E-state index in [1.807, 2.05) is 0 Å².